The molecule has 0 spiro atoms. The Kier molecular flexibility index (Phi) is 3.23. The second kappa shape index (κ2) is 4.68. The van der Waals surface area contributed by atoms with Crippen molar-refractivity contribution in [3.05, 3.63) is 23.3 Å². The van der Waals surface area contributed by atoms with Gasteiger partial charge >= 0.3 is 0 Å². The molecule has 1 aromatic rings. The lowest BCUT2D eigenvalue weighted by molar-refractivity contribution is 0.150. The van der Waals surface area contributed by atoms with Crippen molar-refractivity contribution >= 4 is 0 Å². The highest BCUT2D eigenvalue weighted by atomic mass is 16.5. The summed E-state index contributed by atoms with van der Waals surface area (Å²) in [6.07, 6.45) is 4.00. The van der Waals surface area contributed by atoms with E-state index in [2.05, 4.69) is 32.9 Å². The second-order valence-electron chi connectivity index (χ2n) is 7.11. The first-order valence-electron chi connectivity index (χ1n) is 7.75. The molecule has 0 aliphatic heterocycles. The molecule has 0 unspecified atom stereocenters. The molecule has 0 amide bonds. The van der Waals surface area contributed by atoms with Gasteiger partial charge < -0.3 is 9.47 Å². The second-order valence-corrected chi connectivity index (χ2v) is 7.11. The van der Waals surface area contributed by atoms with E-state index < -0.39 is 0 Å². The van der Waals surface area contributed by atoms with Gasteiger partial charge in [0.05, 0.1) is 14.2 Å². The van der Waals surface area contributed by atoms with E-state index in [1.54, 1.807) is 14.2 Å². The zero-order chi connectivity index (χ0) is 14.5. The molecule has 0 aromatic heterocycles. The molecule has 0 N–H and O–H groups in total. The Morgan fingerprint density at radius 2 is 1.85 bits per heavy atom. The number of ether oxygens (including phenoxy) is 2. The molecular weight excluding hydrogens is 248 g/mol. The van der Waals surface area contributed by atoms with E-state index in [4.69, 9.17) is 9.47 Å². The molecule has 1 saturated carbocycles. The first-order chi connectivity index (χ1) is 9.48. The lowest BCUT2D eigenvalue weighted by Crippen LogP contribution is -2.40. The van der Waals surface area contributed by atoms with Gasteiger partial charge in [0.25, 0.3) is 0 Å². The molecule has 110 valence electrons. The minimum atomic E-state index is 0.216. The topological polar surface area (TPSA) is 18.5 Å². The number of benzene rings is 1. The zero-order valence-corrected chi connectivity index (χ0v) is 13.3. The van der Waals surface area contributed by atoms with E-state index in [9.17, 15) is 0 Å². The summed E-state index contributed by atoms with van der Waals surface area (Å²) in [4.78, 5) is 0. The molecular formula is C18H26O2. The van der Waals surface area contributed by atoms with Gasteiger partial charge in [-0.2, -0.15) is 0 Å². The van der Waals surface area contributed by atoms with E-state index in [0.29, 0.717) is 5.92 Å². The third-order valence-electron chi connectivity index (χ3n) is 5.85. The summed E-state index contributed by atoms with van der Waals surface area (Å²) in [5, 5.41) is 0. The van der Waals surface area contributed by atoms with Crippen molar-refractivity contribution in [2.45, 2.75) is 51.4 Å². The highest BCUT2D eigenvalue weighted by Crippen LogP contribution is 2.57. The summed E-state index contributed by atoms with van der Waals surface area (Å²) in [6.45, 7) is 7.18. The molecule has 3 atom stereocenters. The minimum absolute atomic E-state index is 0.216. The van der Waals surface area contributed by atoms with Crippen LogP contribution >= 0.6 is 0 Å². The van der Waals surface area contributed by atoms with Crippen molar-refractivity contribution in [1.29, 1.82) is 0 Å². The predicted molar refractivity (Wildman–Crippen MR) is 81.8 cm³/mol. The van der Waals surface area contributed by atoms with Gasteiger partial charge in [-0.15, -0.1) is 0 Å². The molecule has 2 aliphatic rings. The molecule has 1 aromatic carbocycles. The van der Waals surface area contributed by atoms with E-state index >= 15 is 0 Å². The lowest BCUT2D eigenvalue weighted by atomic mass is 9.55. The van der Waals surface area contributed by atoms with Gasteiger partial charge in [0.1, 0.15) is 11.5 Å². The molecule has 2 heteroatoms. The van der Waals surface area contributed by atoms with Gasteiger partial charge in [0.2, 0.25) is 0 Å². The van der Waals surface area contributed by atoms with Crippen molar-refractivity contribution in [3.8, 4) is 11.5 Å². The van der Waals surface area contributed by atoms with Crippen LogP contribution in [0.1, 0.15) is 57.1 Å². The minimum Gasteiger partial charge on any atom is -0.497 e. The van der Waals surface area contributed by atoms with Crippen LogP contribution in [-0.4, -0.2) is 14.2 Å². The maximum absolute atomic E-state index is 5.71. The van der Waals surface area contributed by atoms with Gasteiger partial charge in [0, 0.05) is 11.6 Å². The van der Waals surface area contributed by atoms with Gasteiger partial charge in [-0.1, -0.05) is 20.8 Å². The first kappa shape index (κ1) is 13.8. The fourth-order valence-corrected chi connectivity index (χ4v) is 4.40. The first-order valence-corrected chi connectivity index (χ1v) is 7.75. The Hall–Kier alpha value is -1.18. The van der Waals surface area contributed by atoms with Crippen LogP contribution in [0.4, 0.5) is 0 Å². The van der Waals surface area contributed by atoms with Crippen molar-refractivity contribution in [2.24, 2.45) is 11.8 Å². The summed E-state index contributed by atoms with van der Waals surface area (Å²) in [5.41, 5.74) is 3.11. The van der Waals surface area contributed by atoms with Crippen molar-refractivity contribution in [3.63, 3.8) is 0 Å². The van der Waals surface area contributed by atoms with Gasteiger partial charge in [-0.3, -0.25) is 0 Å². The lowest BCUT2D eigenvalue weighted by Gasteiger charge is -2.50. The van der Waals surface area contributed by atoms with Gasteiger partial charge in [0.15, 0.2) is 0 Å². The van der Waals surface area contributed by atoms with E-state index in [0.717, 1.165) is 23.3 Å². The van der Waals surface area contributed by atoms with Crippen LogP contribution in [0.3, 0.4) is 0 Å². The van der Waals surface area contributed by atoms with Crippen molar-refractivity contribution in [2.75, 3.05) is 14.2 Å². The number of rotatable bonds is 2. The molecule has 1 fully saturated rings. The zero-order valence-electron chi connectivity index (χ0n) is 13.3. The molecule has 2 bridgehead atoms. The van der Waals surface area contributed by atoms with E-state index in [1.807, 2.05) is 0 Å². The largest absolute Gasteiger partial charge is 0.497 e. The predicted octanol–water partition coefficient (Wildman–Crippen LogP) is 4.51. The van der Waals surface area contributed by atoms with Crippen LogP contribution < -0.4 is 9.47 Å². The van der Waals surface area contributed by atoms with E-state index in [-0.39, 0.29) is 5.41 Å². The standard InChI is InChI=1S/C18H26O2/c1-11-6-7-12-8-14(11)17-15(18(12,2)3)9-13(19-4)10-16(17)20-5/h9-12,14H,6-8H2,1-5H3/t11-,12-,14-/m0/s1. The third kappa shape index (κ3) is 1.84. The average molecular weight is 274 g/mol. The molecule has 0 saturated heterocycles. The quantitative estimate of drug-likeness (QED) is 0.789. The molecule has 2 nitrogen and oxygen atoms in total. The average Bonchev–Trinajstić information content (AvgIpc) is 2.45. The van der Waals surface area contributed by atoms with Crippen molar-refractivity contribution < 1.29 is 9.47 Å². The van der Waals surface area contributed by atoms with Gasteiger partial charge in [-0.25, -0.2) is 0 Å². The number of fused-ring (bicyclic) bond motifs is 4. The molecule has 3 rings (SSSR count). The SMILES string of the molecule is COc1cc(OC)c2c(c1)C(C)(C)[C@H]1CC[C@H](C)[C@@H]2C1. The highest BCUT2D eigenvalue weighted by molar-refractivity contribution is 5.53. The Morgan fingerprint density at radius 1 is 1.10 bits per heavy atom. The Labute approximate surface area is 122 Å². The number of hydrogen-bond donors (Lipinski definition) is 0. The maximum atomic E-state index is 5.71. The molecule has 0 radical (unpaired) electrons. The summed E-state index contributed by atoms with van der Waals surface area (Å²) in [5.74, 6) is 4.12. The van der Waals surface area contributed by atoms with Crippen LogP contribution in [0, 0.1) is 11.8 Å². The molecule has 0 heterocycles. The summed E-state index contributed by atoms with van der Waals surface area (Å²) < 4.78 is 11.2. The van der Waals surface area contributed by atoms with Crippen LogP contribution in [0.5, 0.6) is 11.5 Å². The highest BCUT2D eigenvalue weighted by Gasteiger charge is 2.46. The van der Waals surface area contributed by atoms with Crippen LogP contribution in [0.15, 0.2) is 12.1 Å². The monoisotopic (exact) mass is 274 g/mol. The fraction of sp³-hybridized carbons (Fsp3) is 0.667. The summed E-state index contributed by atoms with van der Waals surface area (Å²) in [7, 11) is 3.52. The number of methoxy groups -OCH3 is 2. The normalized spacial score (nSPS) is 30.6. The Morgan fingerprint density at radius 3 is 2.50 bits per heavy atom. The Bertz CT molecular complexity index is 518. The summed E-state index contributed by atoms with van der Waals surface area (Å²) >= 11 is 0. The van der Waals surface area contributed by atoms with E-state index in [1.165, 1.54) is 30.4 Å². The molecule has 2 aliphatic carbocycles. The maximum Gasteiger partial charge on any atom is 0.126 e. The molecule has 20 heavy (non-hydrogen) atoms. The van der Waals surface area contributed by atoms with Gasteiger partial charge in [-0.05, 0) is 54.1 Å². The number of hydrogen-bond acceptors (Lipinski definition) is 2. The Balaban J connectivity index is 2.24. The summed E-state index contributed by atoms with van der Waals surface area (Å²) in [6, 6.07) is 4.30. The smallest absolute Gasteiger partial charge is 0.126 e. The van der Waals surface area contributed by atoms with Crippen LogP contribution in [0.25, 0.3) is 0 Å². The fourth-order valence-electron chi connectivity index (χ4n) is 4.40. The third-order valence-corrected chi connectivity index (χ3v) is 5.85. The van der Waals surface area contributed by atoms with Crippen molar-refractivity contribution in [1.82, 2.24) is 0 Å². The van der Waals surface area contributed by atoms with Crippen LogP contribution in [0.2, 0.25) is 0 Å². The van der Waals surface area contributed by atoms with Crippen LogP contribution in [-0.2, 0) is 5.41 Å².